The summed E-state index contributed by atoms with van der Waals surface area (Å²) < 4.78 is 7.20. The number of hydrogen-bond donors (Lipinski definition) is 0. The fourth-order valence-electron chi connectivity index (χ4n) is 2.60. The van der Waals surface area contributed by atoms with Crippen LogP contribution in [0.3, 0.4) is 0 Å². The van der Waals surface area contributed by atoms with Gasteiger partial charge in [0.15, 0.2) is 4.80 Å². The zero-order valence-electron chi connectivity index (χ0n) is 14.1. The van der Waals surface area contributed by atoms with E-state index >= 15 is 0 Å². The highest BCUT2D eigenvalue weighted by Crippen LogP contribution is 2.16. The summed E-state index contributed by atoms with van der Waals surface area (Å²) in [6, 6.07) is 13.7. The van der Waals surface area contributed by atoms with Crippen molar-refractivity contribution in [3.63, 3.8) is 0 Å². The molecule has 1 amide bonds. The highest BCUT2D eigenvalue weighted by Gasteiger charge is 2.10. The third-order valence-electron chi connectivity index (χ3n) is 4.10. The third kappa shape index (κ3) is 3.32. The van der Waals surface area contributed by atoms with Crippen molar-refractivity contribution in [2.45, 2.75) is 20.4 Å². The van der Waals surface area contributed by atoms with Crippen LogP contribution in [-0.2, 0) is 11.3 Å². The maximum Gasteiger partial charge on any atom is 0.279 e. The molecule has 0 aliphatic heterocycles. The maximum absolute atomic E-state index is 12.6. The standard InChI is InChI=1S/C19H20N2O2S/c1-13-14(2)24-19(21(13)10-11-23-3)20-18(22)17-9-8-15-6-4-5-7-16(15)12-17/h4-9,12H,10-11H2,1-3H3/b20-19-. The van der Waals surface area contributed by atoms with Gasteiger partial charge >= 0.3 is 0 Å². The molecule has 0 fully saturated rings. The second-order valence-corrected chi connectivity index (χ2v) is 6.83. The van der Waals surface area contributed by atoms with E-state index in [1.807, 2.05) is 60.9 Å². The second kappa shape index (κ2) is 7.11. The molecular formula is C19H20N2O2S. The number of nitrogens with zero attached hydrogens (tertiary/aromatic N) is 2. The van der Waals surface area contributed by atoms with E-state index in [2.05, 4.69) is 4.99 Å². The molecule has 124 valence electrons. The SMILES string of the molecule is COCCn1c(C)c(C)s/c1=N\C(=O)c1ccc2ccccc2c1. The van der Waals surface area contributed by atoms with Gasteiger partial charge in [-0.2, -0.15) is 4.99 Å². The summed E-state index contributed by atoms with van der Waals surface area (Å²) in [4.78, 5) is 18.8. The fraction of sp³-hybridized carbons (Fsp3) is 0.263. The molecule has 4 nitrogen and oxygen atoms in total. The van der Waals surface area contributed by atoms with E-state index in [1.54, 1.807) is 7.11 Å². The first-order valence-electron chi connectivity index (χ1n) is 7.84. The number of fused-ring (bicyclic) bond motifs is 1. The Morgan fingerprint density at radius 3 is 2.67 bits per heavy atom. The fourth-order valence-corrected chi connectivity index (χ4v) is 3.60. The molecule has 0 N–H and O–H groups in total. The number of benzene rings is 2. The quantitative estimate of drug-likeness (QED) is 0.727. The minimum absolute atomic E-state index is 0.215. The molecule has 3 aromatic rings. The van der Waals surface area contributed by atoms with Crippen LogP contribution in [0, 0.1) is 13.8 Å². The minimum Gasteiger partial charge on any atom is -0.383 e. The molecule has 0 atom stereocenters. The number of aryl methyl sites for hydroxylation is 1. The summed E-state index contributed by atoms with van der Waals surface area (Å²) in [5.74, 6) is -0.215. The zero-order chi connectivity index (χ0) is 17.1. The number of carbonyl (C=O) groups excluding carboxylic acids is 1. The van der Waals surface area contributed by atoms with Crippen LogP contribution in [0.5, 0.6) is 0 Å². The number of thiazole rings is 1. The lowest BCUT2D eigenvalue weighted by molar-refractivity contribution is 0.0997. The Kier molecular flexibility index (Phi) is 4.92. The van der Waals surface area contributed by atoms with Crippen molar-refractivity contribution in [3.8, 4) is 0 Å². The van der Waals surface area contributed by atoms with Gasteiger partial charge in [0.25, 0.3) is 5.91 Å². The summed E-state index contributed by atoms with van der Waals surface area (Å²) in [6.45, 7) is 5.37. The number of methoxy groups -OCH3 is 1. The average molecular weight is 340 g/mol. The van der Waals surface area contributed by atoms with Crippen LogP contribution in [0.15, 0.2) is 47.5 Å². The van der Waals surface area contributed by atoms with Crippen LogP contribution >= 0.6 is 11.3 Å². The van der Waals surface area contributed by atoms with Crippen molar-refractivity contribution in [1.82, 2.24) is 4.57 Å². The molecule has 0 unspecified atom stereocenters. The highest BCUT2D eigenvalue weighted by atomic mass is 32.1. The molecule has 0 saturated heterocycles. The van der Waals surface area contributed by atoms with Crippen molar-refractivity contribution in [1.29, 1.82) is 0 Å². The first kappa shape index (κ1) is 16.6. The van der Waals surface area contributed by atoms with E-state index in [9.17, 15) is 4.79 Å². The van der Waals surface area contributed by atoms with E-state index in [0.717, 1.165) is 26.1 Å². The summed E-state index contributed by atoms with van der Waals surface area (Å²) in [6.07, 6.45) is 0. The summed E-state index contributed by atoms with van der Waals surface area (Å²) in [5, 5.41) is 2.16. The van der Waals surface area contributed by atoms with Crippen molar-refractivity contribution in [2.75, 3.05) is 13.7 Å². The Morgan fingerprint density at radius 1 is 1.17 bits per heavy atom. The van der Waals surface area contributed by atoms with Gasteiger partial charge in [0.1, 0.15) is 0 Å². The van der Waals surface area contributed by atoms with Gasteiger partial charge < -0.3 is 9.30 Å². The van der Waals surface area contributed by atoms with Crippen LogP contribution < -0.4 is 4.80 Å². The lowest BCUT2D eigenvalue weighted by Crippen LogP contribution is -2.20. The number of aromatic nitrogens is 1. The van der Waals surface area contributed by atoms with Crippen molar-refractivity contribution in [2.24, 2.45) is 4.99 Å². The molecule has 0 spiro atoms. The Bertz CT molecular complexity index is 953. The summed E-state index contributed by atoms with van der Waals surface area (Å²) in [5.41, 5.74) is 1.73. The largest absolute Gasteiger partial charge is 0.383 e. The van der Waals surface area contributed by atoms with Gasteiger partial charge in [-0.25, -0.2) is 0 Å². The van der Waals surface area contributed by atoms with Gasteiger partial charge in [-0.15, -0.1) is 11.3 Å². The maximum atomic E-state index is 12.6. The molecule has 1 heterocycles. The van der Waals surface area contributed by atoms with Crippen molar-refractivity contribution < 1.29 is 9.53 Å². The normalized spacial score (nSPS) is 12.0. The molecule has 0 bridgehead atoms. The molecule has 24 heavy (non-hydrogen) atoms. The molecule has 0 aliphatic rings. The van der Waals surface area contributed by atoms with E-state index in [1.165, 1.54) is 11.3 Å². The lowest BCUT2D eigenvalue weighted by atomic mass is 10.1. The Balaban J connectivity index is 2.00. The van der Waals surface area contributed by atoms with Crippen LogP contribution in [0.1, 0.15) is 20.9 Å². The van der Waals surface area contributed by atoms with E-state index in [-0.39, 0.29) is 5.91 Å². The van der Waals surface area contributed by atoms with E-state index in [4.69, 9.17) is 4.74 Å². The van der Waals surface area contributed by atoms with Gasteiger partial charge in [0.2, 0.25) is 0 Å². The third-order valence-corrected chi connectivity index (χ3v) is 5.20. The van der Waals surface area contributed by atoms with Gasteiger partial charge in [0, 0.05) is 29.8 Å². The molecule has 2 aromatic carbocycles. The zero-order valence-corrected chi connectivity index (χ0v) is 14.9. The first-order valence-corrected chi connectivity index (χ1v) is 8.65. The first-order chi connectivity index (χ1) is 11.6. The number of amides is 1. The highest BCUT2D eigenvalue weighted by molar-refractivity contribution is 7.09. The predicted molar refractivity (Wildman–Crippen MR) is 97.5 cm³/mol. The van der Waals surface area contributed by atoms with Crippen molar-refractivity contribution in [3.05, 3.63) is 63.4 Å². The summed E-state index contributed by atoms with van der Waals surface area (Å²) in [7, 11) is 1.67. The molecule has 5 heteroatoms. The van der Waals surface area contributed by atoms with Crippen LogP contribution in [-0.4, -0.2) is 24.2 Å². The van der Waals surface area contributed by atoms with E-state index in [0.29, 0.717) is 18.7 Å². The number of hydrogen-bond acceptors (Lipinski definition) is 3. The van der Waals surface area contributed by atoms with Gasteiger partial charge in [-0.1, -0.05) is 30.3 Å². The average Bonchev–Trinajstić information content (AvgIpc) is 2.86. The van der Waals surface area contributed by atoms with Crippen LogP contribution in [0.25, 0.3) is 10.8 Å². The number of ether oxygens (including phenoxy) is 1. The Hall–Kier alpha value is -2.24. The van der Waals surface area contributed by atoms with Gasteiger partial charge in [-0.3, -0.25) is 4.79 Å². The van der Waals surface area contributed by atoms with Crippen molar-refractivity contribution >= 4 is 28.0 Å². The smallest absolute Gasteiger partial charge is 0.279 e. The lowest BCUT2D eigenvalue weighted by Gasteiger charge is -2.05. The monoisotopic (exact) mass is 340 g/mol. The summed E-state index contributed by atoms with van der Waals surface area (Å²) >= 11 is 1.54. The van der Waals surface area contributed by atoms with Gasteiger partial charge in [-0.05, 0) is 36.8 Å². The minimum atomic E-state index is -0.215. The molecule has 0 radical (unpaired) electrons. The van der Waals surface area contributed by atoms with E-state index < -0.39 is 0 Å². The molecule has 3 rings (SSSR count). The van der Waals surface area contributed by atoms with Crippen LogP contribution in [0.2, 0.25) is 0 Å². The molecule has 1 aromatic heterocycles. The Labute approximate surface area is 145 Å². The molecule has 0 aliphatic carbocycles. The second-order valence-electron chi connectivity index (χ2n) is 5.65. The molecule has 0 saturated carbocycles. The number of rotatable bonds is 4. The predicted octanol–water partition coefficient (Wildman–Crippen LogP) is 3.71. The van der Waals surface area contributed by atoms with Gasteiger partial charge in [0.05, 0.1) is 6.61 Å². The Morgan fingerprint density at radius 2 is 1.92 bits per heavy atom. The topological polar surface area (TPSA) is 43.6 Å². The molecular weight excluding hydrogens is 320 g/mol. The van der Waals surface area contributed by atoms with Crippen LogP contribution in [0.4, 0.5) is 0 Å². The number of carbonyl (C=O) groups is 1.